The maximum absolute atomic E-state index is 12.5. The molecule has 0 unspecified atom stereocenters. The molecule has 1 aromatic carbocycles. The van der Waals surface area contributed by atoms with Gasteiger partial charge in [0.25, 0.3) is 5.91 Å². The number of fused-ring (bicyclic) bond motifs is 1. The first-order chi connectivity index (χ1) is 9.69. The summed E-state index contributed by atoms with van der Waals surface area (Å²) in [5.41, 5.74) is 3.26. The Morgan fingerprint density at radius 1 is 1.30 bits per heavy atom. The average molecular weight is 270 g/mol. The summed E-state index contributed by atoms with van der Waals surface area (Å²) in [5.74, 6) is 0.784. The van der Waals surface area contributed by atoms with Crippen molar-refractivity contribution in [3.63, 3.8) is 0 Å². The zero-order valence-electron chi connectivity index (χ0n) is 11.8. The van der Waals surface area contributed by atoms with Crippen LogP contribution in [0.15, 0.2) is 36.5 Å². The molecular formula is C16H18N2O2. The first kappa shape index (κ1) is 12.8. The Morgan fingerprint density at radius 3 is 2.95 bits per heavy atom. The second-order valence-corrected chi connectivity index (χ2v) is 5.11. The van der Waals surface area contributed by atoms with Gasteiger partial charge in [-0.25, -0.2) is 0 Å². The molecule has 1 aliphatic rings. The highest BCUT2D eigenvalue weighted by Crippen LogP contribution is 2.22. The summed E-state index contributed by atoms with van der Waals surface area (Å²) in [6.07, 6.45) is 2.97. The first-order valence-electron chi connectivity index (χ1n) is 6.75. The first-order valence-corrected chi connectivity index (χ1v) is 6.75. The predicted octanol–water partition coefficient (Wildman–Crippen LogP) is 2.23. The molecule has 2 heterocycles. The lowest BCUT2D eigenvalue weighted by molar-refractivity contribution is 0.0733. The van der Waals surface area contributed by atoms with E-state index in [4.69, 9.17) is 4.74 Å². The molecule has 0 spiro atoms. The van der Waals surface area contributed by atoms with Crippen LogP contribution in [0, 0.1) is 0 Å². The van der Waals surface area contributed by atoms with Gasteiger partial charge in [0.2, 0.25) is 0 Å². The smallest absolute Gasteiger partial charge is 0.254 e. The van der Waals surface area contributed by atoms with E-state index in [0.29, 0.717) is 17.9 Å². The second-order valence-electron chi connectivity index (χ2n) is 5.11. The molecule has 1 aliphatic heterocycles. The molecule has 0 saturated heterocycles. The van der Waals surface area contributed by atoms with E-state index in [1.54, 1.807) is 13.2 Å². The highest BCUT2D eigenvalue weighted by Gasteiger charge is 2.23. The van der Waals surface area contributed by atoms with Crippen molar-refractivity contribution >= 4 is 5.91 Å². The van der Waals surface area contributed by atoms with Gasteiger partial charge < -0.3 is 14.2 Å². The lowest BCUT2D eigenvalue weighted by Gasteiger charge is -2.28. The summed E-state index contributed by atoms with van der Waals surface area (Å²) in [4.78, 5) is 14.4. The molecule has 4 nitrogen and oxygen atoms in total. The van der Waals surface area contributed by atoms with Crippen LogP contribution < -0.4 is 4.74 Å². The molecule has 4 heteroatoms. The summed E-state index contributed by atoms with van der Waals surface area (Å²) >= 11 is 0. The number of nitrogens with zero attached hydrogens (tertiary/aromatic N) is 2. The minimum absolute atomic E-state index is 0.0680. The number of aromatic nitrogens is 1. The Kier molecular flexibility index (Phi) is 3.22. The van der Waals surface area contributed by atoms with E-state index < -0.39 is 0 Å². The molecule has 0 saturated carbocycles. The quantitative estimate of drug-likeness (QED) is 0.838. The monoisotopic (exact) mass is 270 g/mol. The van der Waals surface area contributed by atoms with Crippen molar-refractivity contribution in [3.05, 3.63) is 53.3 Å². The summed E-state index contributed by atoms with van der Waals surface area (Å²) in [7, 11) is 3.67. The van der Waals surface area contributed by atoms with Gasteiger partial charge in [-0.3, -0.25) is 4.79 Å². The topological polar surface area (TPSA) is 34.5 Å². The fourth-order valence-electron chi connectivity index (χ4n) is 2.73. The van der Waals surface area contributed by atoms with Crippen LogP contribution in [-0.2, 0) is 20.0 Å². The minimum Gasteiger partial charge on any atom is -0.497 e. The number of aryl methyl sites for hydroxylation is 1. The van der Waals surface area contributed by atoms with Gasteiger partial charge in [0.05, 0.1) is 7.11 Å². The Balaban J connectivity index is 1.82. The number of amides is 1. The highest BCUT2D eigenvalue weighted by atomic mass is 16.5. The van der Waals surface area contributed by atoms with Crippen LogP contribution in [0.5, 0.6) is 5.75 Å². The zero-order valence-corrected chi connectivity index (χ0v) is 11.8. The number of ether oxygens (including phenoxy) is 1. The predicted molar refractivity (Wildman–Crippen MR) is 76.9 cm³/mol. The molecule has 1 aromatic heterocycles. The molecule has 0 N–H and O–H groups in total. The Labute approximate surface area is 118 Å². The second kappa shape index (κ2) is 5.04. The van der Waals surface area contributed by atoms with E-state index in [2.05, 4.69) is 23.9 Å². The maximum atomic E-state index is 12.5. The average Bonchev–Trinajstić information content (AvgIpc) is 2.87. The van der Waals surface area contributed by atoms with Crippen LogP contribution in [-0.4, -0.2) is 29.0 Å². The van der Waals surface area contributed by atoms with Gasteiger partial charge in [0.15, 0.2) is 0 Å². The number of carbonyl (C=O) groups is 1. The van der Waals surface area contributed by atoms with Crippen molar-refractivity contribution in [3.8, 4) is 5.75 Å². The SMILES string of the molecule is COc1cccc(C(=O)N2CCc3c(ccn3C)C2)c1. The number of rotatable bonds is 2. The number of carbonyl (C=O) groups excluding carboxylic acids is 1. The van der Waals surface area contributed by atoms with Crippen molar-refractivity contribution in [1.29, 1.82) is 0 Å². The summed E-state index contributed by atoms with van der Waals surface area (Å²) in [6, 6.07) is 9.43. The zero-order chi connectivity index (χ0) is 14.1. The third-order valence-corrected chi connectivity index (χ3v) is 3.88. The summed E-state index contributed by atoms with van der Waals surface area (Å²) in [5, 5.41) is 0. The third-order valence-electron chi connectivity index (χ3n) is 3.88. The molecule has 2 aromatic rings. The molecular weight excluding hydrogens is 252 g/mol. The van der Waals surface area contributed by atoms with Crippen molar-refractivity contribution in [2.45, 2.75) is 13.0 Å². The molecule has 0 aliphatic carbocycles. The molecule has 20 heavy (non-hydrogen) atoms. The third kappa shape index (κ3) is 2.18. The van der Waals surface area contributed by atoms with E-state index in [9.17, 15) is 4.79 Å². The molecule has 3 rings (SSSR count). The van der Waals surface area contributed by atoms with Crippen molar-refractivity contribution in [1.82, 2.24) is 9.47 Å². The largest absolute Gasteiger partial charge is 0.497 e. The molecule has 0 atom stereocenters. The number of hydrogen-bond donors (Lipinski definition) is 0. The fraction of sp³-hybridized carbons (Fsp3) is 0.312. The maximum Gasteiger partial charge on any atom is 0.254 e. The standard InChI is InChI=1S/C16H18N2O2/c1-17-8-6-13-11-18(9-7-15(13)17)16(19)12-4-3-5-14(10-12)20-2/h3-6,8,10H,7,9,11H2,1-2H3. The molecule has 1 amide bonds. The Morgan fingerprint density at radius 2 is 2.15 bits per heavy atom. The van der Waals surface area contributed by atoms with E-state index >= 15 is 0 Å². The lowest BCUT2D eigenvalue weighted by atomic mass is 10.1. The Hall–Kier alpha value is -2.23. The van der Waals surface area contributed by atoms with Crippen LogP contribution in [0.3, 0.4) is 0 Å². The van der Waals surface area contributed by atoms with Gasteiger partial charge in [-0.1, -0.05) is 6.07 Å². The fourth-order valence-corrected chi connectivity index (χ4v) is 2.73. The van der Waals surface area contributed by atoms with Crippen LogP contribution >= 0.6 is 0 Å². The van der Waals surface area contributed by atoms with Crippen molar-refractivity contribution < 1.29 is 9.53 Å². The number of benzene rings is 1. The normalized spacial score (nSPS) is 14.0. The van der Waals surface area contributed by atoms with Gasteiger partial charge in [0, 0.05) is 44.0 Å². The van der Waals surface area contributed by atoms with Gasteiger partial charge >= 0.3 is 0 Å². The van der Waals surface area contributed by atoms with Crippen molar-refractivity contribution in [2.24, 2.45) is 7.05 Å². The highest BCUT2D eigenvalue weighted by molar-refractivity contribution is 5.94. The van der Waals surface area contributed by atoms with E-state index in [1.807, 2.05) is 23.1 Å². The van der Waals surface area contributed by atoms with Crippen LogP contribution in [0.2, 0.25) is 0 Å². The van der Waals surface area contributed by atoms with Gasteiger partial charge in [-0.2, -0.15) is 0 Å². The van der Waals surface area contributed by atoms with Crippen LogP contribution in [0.1, 0.15) is 21.6 Å². The Bertz CT molecular complexity index is 646. The van der Waals surface area contributed by atoms with Crippen molar-refractivity contribution in [2.75, 3.05) is 13.7 Å². The van der Waals surface area contributed by atoms with E-state index in [-0.39, 0.29) is 5.91 Å². The van der Waals surface area contributed by atoms with Gasteiger partial charge in [0.1, 0.15) is 5.75 Å². The van der Waals surface area contributed by atoms with Crippen LogP contribution in [0.4, 0.5) is 0 Å². The summed E-state index contributed by atoms with van der Waals surface area (Å²) in [6.45, 7) is 1.45. The minimum atomic E-state index is 0.0680. The number of hydrogen-bond acceptors (Lipinski definition) is 2. The van der Waals surface area contributed by atoms with Gasteiger partial charge in [-0.15, -0.1) is 0 Å². The molecule has 0 fully saturated rings. The van der Waals surface area contributed by atoms with Gasteiger partial charge in [-0.05, 0) is 29.8 Å². The van der Waals surface area contributed by atoms with E-state index in [1.165, 1.54) is 11.3 Å². The van der Waals surface area contributed by atoms with E-state index in [0.717, 1.165) is 13.0 Å². The lowest BCUT2D eigenvalue weighted by Crippen LogP contribution is -2.36. The summed E-state index contributed by atoms with van der Waals surface area (Å²) < 4.78 is 7.32. The molecule has 0 bridgehead atoms. The number of methoxy groups -OCH3 is 1. The molecule has 104 valence electrons. The molecule has 0 radical (unpaired) electrons. The van der Waals surface area contributed by atoms with Crippen LogP contribution in [0.25, 0.3) is 0 Å².